The lowest BCUT2D eigenvalue weighted by Gasteiger charge is -2.35. The number of aliphatic carboxylic acids is 1. The monoisotopic (exact) mass is 482 g/mol. The summed E-state index contributed by atoms with van der Waals surface area (Å²) in [6, 6.07) is 0.381. The van der Waals surface area contributed by atoms with Crippen LogP contribution in [0.2, 0.25) is 0 Å². The van der Waals surface area contributed by atoms with Crippen molar-refractivity contribution >= 4 is 34.3 Å². The number of carboxylic acid groups (broad SMARTS) is 1. The average Bonchev–Trinajstić information content (AvgIpc) is 3.45. The number of hydrogen-bond acceptors (Lipinski definition) is 7. The zero-order valence-electron chi connectivity index (χ0n) is 20.4. The summed E-state index contributed by atoms with van der Waals surface area (Å²) < 4.78 is 1.88. The molecule has 1 spiro atoms. The van der Waals surface area contributed by atoms with Crippen LogP contribution in [0, 0.1) is 5.92 Å². The van der Waals surface area contributed by atoms with Gasteiger partial charge in [0.05, 0.1) is 28.9 Å². The van der Waals surface area contributed by atoms with Gasteiger partial charge in [0.25, 0.3) is 0 Å². The molecule has 2 saturated carbocycles. The van der Waals surface area contributed by atoms with Gasteiger partial charge in [-0.15, -0.1) is 0 Å². The van der Waals surface area contributed by atoms with E-state index in [1.807, 2.05) is 24.0 Å². The Morgan fingerprint density at radius 1 is 1.14 bits per heavy atom. The van der Waals surface area contributed by atoms with Gasteiger partial charge in [-0.1, -0.05) is 5.16 Å². The van der Waals surface area contributed by atoms with Crippen molar-refractivity contribution in [1.82, 2.24) is 20.1 Å². The van der Waals surface area contributed by atoms with Crippen molar-refractivity contribution < 1.29 is 19.5 Å². The van der Waals surface area contributed by atoms with Crippen LogP contribution in [0.1, 0.15) is 77.2 Å². The second-order valence-electron chi connectivity index (χ2n) is 10.2. The van der Waals surface area contributed by atoms with Gasteiger partial charge < -0.3 is 20.6 Å². The molecular weight excluding hydrogens is 448 g/mol. The lowest BCUT2D eigenvalue weighted by Crippen LogP contribution is -2.43. The quantitative estimate of drug-likeness (QED) is 0.575. The zero-order valence-corrected chi connectivity index (χ0v) is 20.4. The number of nitrogens with zero attached hydrogens (tertiary/aromatic N) is 4. The van der Waals surface area contributed by atoms with Crippen molar-refractivity contribution in [2.45, 2.75) is 95.9 Å². The lowest BCUT2D eigenvalue weighted by atomic mass is 9.78. The van der Waals surface area contributed by atoms with Crippen LogP contribution < -0.4 is 10.6 Å². The number of amides is 1. The van der Waals surface area contributed by atoms with Crippen LogP contribution >= 0.6 is 0 Å². The van der Waals surface area contributed by atoms with Crippen LogP contribution in [-0.2, 0) is 21.0 Å². The fourth-order valence-electron chi connectivity index (χ4n) is 5.83. The lowest BCUT2D eigenvalue weighted by molar-refractivity contribution is -0.142. The summed E-state index contributed by atoms with van der Waals surface area (Å²) in [6.45, 7) is 4.32. The Bertz CT molecular complexity index is 1140. The maximum Gasteiger partial charge on any atom is 0.306 e. The standard InChI is InChI=1S/C25H34N6O4/c1-3-31-23-20(14-27-31)22(29-17-6-4-16(5-7-17)24(33)34)19(13-26-23)21-12-25(35-30-21)10-8-18(9-11-25)28-15(2)32/h13-14,16-18H,3-12H2,1-2H3,(H,26,29)(H,28,32)(H,33,34). The Hall–Kier alpha value is -3.17. The molecule has 10 heteroatoms. The molecule has 10 nitrogen and oxygen atoms in total. The van der Waals surface area contributed by atoms with E-state index in [1.54, 1.807) is 6.92 Å². The predicted molar refractivity (Wildman–Crippen MR) is 131 cm³/mol. The van der Waals surface area contributed by atoms with E-state index in [0.29, 0.717) is 19.3 Å². The summed E-state index contributed by atoms with van der Waals surface area (Å²) in [5.74, 6) is -0.945. The van der Waals surface area contributed by atoms with Gasteiger partial charge in [0.1, 0.15) is 5.60 Å². The fraction of sp³-hybridized carbons (Fsp3) is 0.640. The first-order valence-electron chi connectivity index (χ1n) is 12.7. The van der Waals surface area contributed by atoms with Crippen molar-refractivity contribution in [2.75, 3.05) is 5.32 Å². The van der Waals surface area contributed by atoms with Crippen molar-refractivity contribution in [3.05, 3.63) is 18.0 Å². The maximum atomic E-state index is 11.4. The Kier molecular flexibility index (Phi) is 6.37. The summed E-state index contributed by atoms with van der Waals surface area (Å²) >= 11 is 0. The number of rotatable bonds is 6. The van der Waals surface area contributed by atoms with E-state index in [0.717, 1.165) is 73.1 Å². The average molecular weight is 483 g/mol. The van der Waals surface area contributed by atoms with Gasteiger partial charge in [-0.05, 0) is 58.3 Å². The number of carbonyl (C=O) groups excluding carboxylic acids is 1. The van der Waals surface area contributed by atoms with Gasteiger partial charge >= 0.3 is 5.97 Å². The highest BCUT2D eigenvalue weighted by molar-refractivity contribution is 6.10. The topological polar surface area (TPSA) is 131 Å². The van der Waals surface area contributed by atoms with E-state index >= 15 is 0 Å². The van der Waals surface area contributed by atoms with Crippen molar-refractivity contribution in [3.8, 4) is 0 Å². The number of fused-ring (bicyclic) bond motifs is 1. The Morgan fingerprint density at radius 3 is 2.54 bits per heavy atom. The van der Waals surface area contributed by atoms with E-state index in [2.05, 4.69) is 20.9 Å². The van der Waals surface area contributed by atoms with Crippen LogP contribution in [-0.4, -0.2) is 55.1 Å². The summed E-state index contributed by atoms with van der Waals surface area (Å²) in [5.41, 5.74) is 3.25. The number of carbonyl (C=O) groups is 2. The van der Waals surface area contributed by atoms with Crippen LogP contribution in [0.25, 0.3) is 11.0 Å². The SMILES string of the molecule is CCn1ncc2c(NC3CCC(C(=O)O)CC3)c(C3=NOC4(CCC(NC(C)=O)CC4)C3)cnc21. The number of hydrogen-bond donors (Lipinski definition) is 3. The second-order valence-corrected chi connectivity index (χ2v) is 10.2. The van der Waals surface area contributed by atoms with Crippen molar-refractivity contribution in [2.24, 2.45) is 11.1 Å². The molecule has 1 aliphatic heterocycles. The number of carboxylic acids is 1. The number of pyridine rings is 1. The molecule has 0 saturated heterocycles. The summed E-state index contributed by atoms with van der Waals surface area (Å²) in [5, 5.41) is 26.1. The minimum absolute atomic E-state index is 0.00957. The van der Waals surface area contributed by atoms with Gasteiger partial charge in [0.15, 0.2) is 5.65 Å². The third-order valence-electron chi connectivity index (χ3n) is 7.84. The first kappa shape index (κ1) is 23.6. The molecule has 0 atom stereocenters. The molecule has 0 unspecified atom stereocenters. The number of aromatic nitrogens is 3. The minimum atomic E-state index is -0.698. The third-order valence-corrected chi connectivity index (χ3v) is 7.84. The van der Waals surface area contributed by atoms with Gasteiger partial charge in [-0.2, -0.15) is 5.10 Å². The van der Waals surface area contributed by atoms with Crippen LogP contribution in [0.5, 0.6) is 0 Å². The highest BCUT2D eigenvalue weighted by atomic mass is 16.7. The van der Waals surface area contributed by atoms with E-state index in [4.69, 9.17) is 9.82 Å². The van der Waals surface area contributed by atoms with Gasteiger partial charge in [0, 0.05) is 43.7 Å². The molecule has 0 aromatic carbocycles. The number of aryl methyl sites for hydroxylation is 1. The molecule has 2 aliphatic carbocycles. The molecule has 3 N–H and O–H groups in total. The first-order chi connectivity index (χ1) is 16.9. The molecule has 188 valence electrons. The maximum absolute atomic E-state index is 11.4. The summed E-state index contributed by atoms with van der Waals surface area (Å²) in [6.07, 6.45) is 10.8. The van der Waals surface area contributed by atoms with Gasteiger partial charge in [-0.3, -0.25) is 9.59 Å². The first-order valence-corrected chi connectivity index (χ1v) is 12.7. The van der Waals surface area contributed by atoms with Crippen LogP contribution in [0.15, 0.2) is 17.5 Å². The Morgan fingerprint density at radius 2 is 1.89 bits per heavy atom. The van der Waals surface area contributed by atoms with E-state index in [9.17, 15) is 14.7 Å². The highest BCUT2D eigenvalue weighted by Crippen LogP contribution is 2.41. The van der Waals surface area contributed by atoms with E-state index in [-0.39, 0.29) is 29.5 Å². The molecule has 3 aliphatic rings. The number of nitrogens with one attached hydrogen (secondary N) is 2. The largest absolute Gasteiger partial charge is 0.481 e. The number of oxime groups is 1. The van der Waals surface area contributed by atoms with Crippen LogP contribution in [0.4, 0.5) is 5.69 Å². The fourth-order valence-corrected chi connectivity index (χ4v) is 5.83. The zero-order chi connectivity index (χ0) is 24.6. The van der Waals surface area contributed by atoms with E-state index in [1.165, 1.54) is 0 Å². The van der Waals surface area contributed by atoms with Gasteiger partial charge in [0.2, 0.25) is 5.91 Å². The molecule has 3 heterocycles. The van der Waals surface area contributed by atoms with E-state index < -0.39 is 5.97 Å². The molecular formula is C25H34N6O4. The van der Waals surface area contributed by atoms with Gasteiger partial charge in [-0.25, -0.2) is 9.67 Å². The predicted octanol–water partition coefficient (Wildman–Crippen LogP) is 3.45. The highest BCUT2D eigenvalue weighted by Gasteiger charge is 2.43. The Balaban J connectivity index is 1.37. The molecule has 0 radical (unpaired) electrons. The number of anilines is 1. The Labute approximate surface area is 204 Å². The molecule has 2 fully saturated rings. The van der Waals surface area contributed by atoms with Crippen LogP contribution in [0.3, 0.4) is 0 Å². The van der Waals surface area contributed by atoms with Crippen molar-refractivity contribution in [1.29, 1.82) is 0 Å². The smallest absolute Gasteiger partial charge is 0.306 e. The molecule has 2 aromatic rings. The minimum Gasteiger partial charge on any atom is -0.481 e. The molecule has 5 rings (SSSR count). The third kappa shape index (κ3) is 4.70. The molecule has 2 aromatic heterocycles. The summed E-state index contributed by atoms with van der Waals surface area (Å²) in [7, 11) is 0. The summed E-state index contributed by atoms with van der Waals surface area (Å²) in [4.78, 5) is 33.6. The van der Waals surface area contributed by atoms with Crippen molar-refractivity contribution in [3.63, 3.8) is 0 Å². The molecule has 35 heavy (non-hydrogen) atoms. The second kappa shape index (κ2) is 9.47. The molecule has 0 bridgehead atoms. The molecule has 1 amide bonds. The normalized spacial score (nSPS) is 28.5.